The maximum atomic E-state index is 11.9. The number of aliphatic hydroxyl groups is 1. The van der Waals surface area contributed by atoms with E-state index in [1.54, 1.807) is 20.8 Å². The minimum absolute atomic E-state index is 0.106. The number of aliphatic hydroxyl groups excluding tert-OH is 1. The number of aromatic nitrogens is 1. The predicted molar refractivity (Wildman–Crippen MR) is 107 cm³/mol. The summed E-state index contributed by atoms with van der Waals surface area (Å²) in [6.07, 6.45) is -0.595. The molecular weight excluding hydrogens is 402 g/mol. The molecule has 2 N–H and O–H groups in total. The van der Waals surface area contributed by atoms with Crippen LogP contribution in [0.5, 0.6) is 5.88 Å². The molecule has 0 radical (unpaired) electrons. The van der Waals surface area contributed by atoms with Crippen molar-refractivity contribution < 1.29 is 24.3 Å². The van der Waals surface area contributed by atoms with Crippen molar-refractivity contribution in [3.05, 3.63) is 56.7 Å². The maximum absolute atomic E-state index is 11.9. The van der Waals surface area contributed by atoms with E-state index in [0.717, 1.165) is 0 Å². The number of hydrogen-bond acceptors (Lipinski definition) is 7. The Morgan fingerprint density at radius 3 is 2.66 bits per heavy atom. The van der Waals surface area contributed by atoms with Gasteiger partial charge < -0.3 is 14.6 Å². The van der Waals surface area contributed by atoms with Gasteiger partial charge in [0.2, 0.25) is 5.88 Å². The van der Waals surface area contributed by atoms with Crippen molar-refractivity contribution in [3.63, 3.8) is 0 Å². The second kappa shape index (κ2) is 9.06. The van der Waals surface area contributed by atoms with Crippen LogP contribution in [0.1, 0.15) is 38.0 Å². The molecule has 2 aromatic rings. The number of nitro benzene ring substituents is 1. The van der Waals surface area contributed by atoms with Gasteiger partial charge in [0.15, 0.2) is 0 Å². The Labute approximate surface area is 172 Å². The Morgan fingerprint density at radius 2 is 2.07 bits per heavy atom. The summed E-state index contributed by atoms with van der Waals surface area (Å²) in [4.78, 5) is 26.8. The number of benzene rings is 1. The van der Waals surface area contributed by atoms with Crippen molar-refractivity contribution in [1.82, 2.24) is 4.98 Å². The van der Waals surface area contributed by atoms with Crippen molar-refractivity contribution in [2.75, 3.05) is 12.4 Å². The van der Waals surface area contributed by atoms with Gasteiger partial charge in [-0.05, 0) is 32.9 Å². The summed E-state index contributed by atoms with van der Waals surface area (Å²) in [7, 11) is 1.38. The third kappa shape index (κ3) is 6.03. The largest absolute Gasteiger partial charge is 0.481 e. The van der Waals surface area contributed by atoms with Crippen molar-refractivity contribution >= 4 is 29.1 Å². The number of ether oxygens (including phenoxy) is 2. The van der Waals surface area contributed by atoms with E-state index in [9.17, 15) is 20.0 Å². The summed E-state index contributed by atoms with van der Waals surface area (Å²) in [6, 6.07) is 5.63. The second-order valence-corrected chi connectivity index (χ2v) is 7.57. The van der Waals surface area contributed by atoms with E-state index >= 15 is 0 Å². The predicted octanol–water partition coefficient (Wildman–Crippen LogP) is 4.27. The van der Waals surface area contributed by atoms with Crippen LogP contribution in [0.25, 0.3) is 0 Å². The quantitative estimate of drug-likeness (QED) is 0.525. The van der Waals surface area contributed by atoms with Crippen LogP contribution in [-0.4, -0.2) is 33.8 Å². The molecule has 0 saturated carbocycles. The first-order valence-corrected chi connectivity index (χ1v) is 9.03. The van der Waals surface area contributed by atoms with Crippen molar-refractivity contribution in [2.24, 2.45) is 0 Å². The van der Waals surface area contributed by atoms with E-state index in [1.165, 1.54) is 37.6 Å². The van der Waals surface area contributed by atoms with Gasteiger partial charge in [0, 0.05) is 24.2 Å². The molecule has 1 aromatic heterocycles. The third-order valence-corrected chi connectivity index (χ3v) is 4.10. The topological polar surface area (TPSA) is 124 Å². The maximum Gasteiger partial charge on any atom is 0.412 e. The molecule has 156 valence electrons. The molecule has 9 nitrogen and oxygen atoms in total. The Kier molecular flexibility index (Phi) is 6.99. The van der Waals surface area contributed by atoms with Gasteiger partial charge in [0.1, 0.15) is 5.60 Å². The van der Waals surface area contributed by atoms with Gasteiger partial charge in [0.25, 0.3) is 5.69 Å². The average Bonchev–Trinajstić information content (AvgIpc) is 2.60. The van der Waals surface area contributed by atoms with Gasteiger partial charge in [-0.3, -0.25) is 15.4 Å². The zero-order valence-corrected chi connectivity index (χ0v) is 17.2. The Balaban J connectivity index is 2.28. The molecule has 0 spiro atoms. The minimum atomic E-state index is -1.19. The number of nitrogens with one attached hydrogen (secondary N) is 1. The molecule has 0 aliphatic heterocycles. The molecule has 0 aliphatic rings. The van der Waals surface area contributed by atoms with E-state index in [2.05, 4.69) is 10.3 Å². The third-order valence-electron chi connectivity index (χ3n) is 3.77. The minimum Gasteiger partial charge on any atom is -0.481 e. The van der Waals surface area contributed by atoms with Crippen LogP contribution in [0.4, 0.5) is 16.2 Å². The zero-order chi connectivity index (χ0) is 21.8. The lowest BCUT2D eigenvalue weighted by Gasteiger charge is -2.20. The lowest BCUT2D eigenvalue weighted by Crippen LogP contribution is -2.27. The fourth-order valence-corrected chi connectivity index (χ4v) is 2.88. The van der Waals surface area contributed by atoms with Crippen LogP contribution >= 0.6 is 11.6 Å². The molecule has 1 atom stereocenters. The number of pyridine rings is 1. The summed E-state index contributed by atoms with van der Waals surface area (Å²) in [5.74, 6) is 0.135. The number of methoxy groups -OCH3 is 1. The highest BCUT2D eigenvalue weighted by Gasteiger charge is 2.24. The van der Waals surface area contributed by atoms with E-state index in [-0.39, 0.29) is 39.8 Å². The van der Waals surface area contributed by atoms with Gasteiger partial charge in [-0.1, -0.05) is 17.7 Å². The monoisotopic (exact) mass is 423 g/mol. The van der Waals surface area contributed by atoms with Crippen LogP contribution < -0.4 is 10.1 Å². The van der Waals surface area contributed by atoms with E-state index in [1.807, 2.05) is 0 Å². The first-order chi connectivity index (χ1) is 13.5. The van der Waals surface area contributed by atoms with E-state index in [0.29, 0.717) is 0 Å². The fraction of sp³-hybridized carbons (Fsp3) is 0.368. The lowest BCUT2D eigenvalue weighted by molar-refractivity contribution is -0.385. The molecule has 1 aromatic carbocycles. The van der Waals surface area contributed by atoms with Crippen molar-refractivity contribution in [3.8, 4) is 5.88 Å². The number of nitrogens with zero attached hydrogens (tertiary/aromatic N) is 2. The Hall–Kier alpha value is -2.91. The molecule has 1 amide bonds. The number of hydrogen-bond donors (Lipinski definition) is 2. The Bertz CT molecular complexity index is 913. The highest BCUT2D eigenvalue weighted by atomic mass is 35.5. The molecule has 0 fully saturated rings. The molecule has 0 aliphatic carbocycles. The highest BCUT2D eigenvalue weighted by molar-refractivity contribution is 6.31. The first kappa shape index (κ1) is 22.4. The number of carbonyl (C=O) groups excluding carboxylic acids is 1. The SMILES string of the molecule is COc1nccc(Cl)c1C(O)Cc1ccc(NC(=O)OC(C)(C)C)cc1[N+](=O)[O-]. The number of anilines is 1. The van der Waals surface area contributed by atoms with Gasteiger partial charge in [-0.25, -0.2) is 9.78 Å². The second-order valence-electron chi connectivity index (χ2n) is 7.16. The van der Waals surface area contributed by atoms with Gasteiger partial charge >= 0.3 is 6.09 Å². The van der Waals surface area contributed by atoms with Crippen LogP contribution in [-0.2, 0) is 11.2 Å². The van der Waals surface area contributed by atoms with Crippen LogP contribution in [0.2, 0.25) is 5.02 Å². The molecule has 10 heteroatoms. The molecule has 0 saturated heterocycles. The molecule has 2 rings (SSSR count). The van der Waals surface area contributed by atoms with Crippen LogP contribution in [0.15, 0.2) is 30.5 Å². The number of amides is 1. The summed E-state index contributed by atoms with van der Waals surface area (Å²) < 4.78 is 10.3. The lowest BCUT2D eigenvalue weighted by atomic mass is 10.0. The summed E-state index contributed by atoms with van der Waals surface area (Å²) in [6.45, 7) is 5.12. The van der Waals surface area contributed by atoms with Gasteiger partial charge in [-0.2, -0.15) is 0 Å². The summed E-state index contributed by atoms with van der Waals surface area (Å²) in [5, 5.41) is 24.8. The molecular formula is C19H22ClN3O6. The summed E-state index contributed by atoms with van der Waals surface area (Å²) >= 11 is 6.13. The smallest absolute Gasteiger partial charge is 0.412 e. The van der Waals surface area contributed by atoms with Crippen molar-refractivity contribution in [1.29, 1.82) is 0 Å². The van der Waals surface area contributed by atoms with Gasteiger partial charge in [0.05, 0.1) is 34.4 Å². The first-order valence-electron chi connectivity index (χ1n) is 8.65. The normalized spacial score (nSPS) is 12.2. The molecule has 29 heavy (non-hydrogen) atoms. The standard InChI is InChI=1S/C19H22ClN3O6/c1-19(2,3)29-18(25)22-12-6-5-11(14(10-12)23(26)27)9-15(24)16-13(20)7-8-21-17(16)28-4/h5-8,10,15,24H,9H2,1-4H3,(H,22,25). The zero-order valence-electron chi connectivity index (χ0n) is 16.4. The van der Waals surface area contributed by atoms with Gasteiger partial charge in [-0.15, -0.1) is 0 Å². The highest BCUT2D eigenvalue weighted by Crippen LogP contribution is 2.34. The van der Waals surface area contributed by atoms with Crippen molar-refractivity contribution in [2.45, 2.75) is 38.9 Å². The average molecular weight is 424 g/mol. The molecule has 1 heterocycles. The molecule has 0 bridgehead atoms. The fourth-order valence-electron chi connectivity index (χ4n) is 2.61. The van der Waals surface area contributed by atoms with E-state index in [4.69, 9.17) is 21.1 Å². The Morgan fingerprint density at radius 1 is 1.38 bits per heavy atom. The van der Waals surface area contributed by atoms with E-state index < -0.39 is 22.7 Å². The molecule has 1 unspecified atom stereocenters. The number of nitro groups is 1. The number of carbonyl (C=O) groups is 1. The van der Waals surface area contributed by atoms with Crippen LogP contribution in [0, 0.1) is 10.1 Å². The number of rotatable bonds is 6. The number of halogens is 1. The summed E-state index contributed by atoms with van der Waals surface area (Å²) in [5.41, 5.74) is -0.291. The van der Waals surface area contributed by atoms with Crippen LogP contribution in [0.3, 0.4) is 0 Å².